The molecule has 0 saturated carbocycles. The number of benzene rings is 2. The predicted octanol–water partition coefficient (Wildman–Crippen LogP) is 3.69. The lowest BCUT2D eigenvalue weighted by atomic mass is 10.1. The first-order chi connectivity index (χ1) is 18.2. The molecule has 202 valence electrons. The number of nitrogens with one attached hydrogen (secondary N) is 1. The molecule has 0 saturated heterocycles. The molecule has 1 amide bonds. The zero-order valence-electron chi connectivity index (χ0n) is 21.4. The predicted molar refractivity (Wildman–Crippen MR) is 134 cm³/mol. The average Bonchev–Trinajstić information content (AvgIpc) is 2.91. The fourth-order valence-electron chi connectivity index (χ4n) is 3.69. The van der Waals surface area contributed by atoms with Crippen molar-refractivity contribution in [1.29, 1.82) is 0 Å². The van der Waals surface area contributed by atoms with Crippen LogP contribution in [0.2, 0.25) is 0 Å². The number of hydrogen-bond donors (Lipinski definition) is 1. The number of aromatic nitrogens is 2. The lowest BCUT2D eigenvalue weighted by Gasteiger charge is -2.22. The second-order valence-corrected chi connectivity index (χ2v) is 8.00. The van der Waals surface area contributed by atoms with Crippen LogP contribution < -0.4 is 15.0 Å². The van der Waals surface area contributed by atoms with Crippen LogP contribution in [0.3, 0.4) is 0 Å². The van der Waals surface area contributed by atoms with Gasteiger partial charge in [-0.05, 0) is 32.4 Å². The van der Waals surface area contributed by atoms with E-state index in [2.05, 4.69) is 15.3 Å². The maximum absolute atomic E-state index is 15.6. The van der Waals surface area contributed by atoms with E-state index in [9.17, 15) is 14.4 Å². The van der Waals surface area contributed by atoms with Gasteiger partial charge in [-0.25, -0.2) is 18.6 Å². The van der Waals surface area contributed by atoms with Gasteiger partial charge in [-0.1, -0.05) is 12.1 Å². The molecule has 10 nitrogen and oxygen atoms in total. The van der Waals surface area contributed by atoms with Crippen LogP contribution in [-0.4, -0.2) is 61.2 Å². The summed E-state index contributed by atoms with van der Waals surface area (Å²) in [5.74, 6) is -5.14. The molecule has 3 rings (SSSR count). The number of carbonyl (C=O) groups excluding carboxylic acids is 3. The number of ether oxygens (including phenoxy) is 3. The fraction of sp³-hybridized carbons (Fsp3) is 0.346. The Morgan fingerprint density at radius 3 is 2.42 bits per heavy atom. The molecule has 12 heteroatoms. The number of anilines is 2. The summed E-state index contributed by atoms with van der Waals surface area (Å²) < 4.78 is 45.7. The molecular formula is C26H28F2N4O6. The first-order valence-electron chi connectivity index (χ1n) is 11.9. The van der Waals surface area contributed by atoms with E-state index < -0.39 is 46.8 Å². The average molecular weight is 531 g/mol. The molecule has 0 aliphatic rings. The SMILES string of the molecule is CCOC(=O)CCC(NC(=O)c1c(F)cc(N(C)c2cnc3ccccc3n2)c(F)c1OC)C(=O)OCC. The first-order valence-corrected chi connectivity index (χ1v) is 11.9. The number of carbonyl (C=O) groups is 3. The summed E-state index contributed by atoms with van der Waals surface area (Å²) in [5.41, 5.74) is 0.162. The first kappa shape index (κ1) is 28.2. The summed E-state index contributed by atoms with van der Waals surface area (Å²) in [6, 6.07) is 6.57. The highest BCUT2D eigenvalue weighted by molar-refractivity contribution is 6.00. The molecule has 1 N–H and O–H groups in total. The zero-order valence-corrected chi connectivity index (χ0v) is 21.4. The molecule has 0 radical (unpaired) electrons. The van der Waals surface area contributed by atoms with Gasteiger partial charge in [0.2, 0.25) is 0 Å². The van der Waals surface area contributed by atoms with Gasteiger partial charge in [-0.2, -0.15) is 0 Å². The van der Waals surface area contributed by atoms with Crippen molar-refractivity contribution >= 4 is 40.4 Å². The Morgan fingerprint density at radius 1 is 1.08 bits per heavy atom. The smallest absolute Gasteiger partial charge is 0.328 e. The quantitative estimate of drug-likeness (QED) is 0.370. The summed E-state index contributed by atoms with van der Waals surface area (Å²) in [5, 5.41) is 2.31. The van der Waals surface area contributed by atoms with Crippen molar-refractivity contribution < 1.29 is 37.4 Å². The largest absolute Gasteiger partial charge is 0.493 e. The number of nitrogens with zero attached hydrogens (tertiary/aromatic N) is 3. The number of fused-ring (bicyclic) bond motifs is 1. The van der Waals surface area contributed by atoms with Crippen LogP contribution in [0.15, 0.2) is 36.5 Å². The topological polar surface area (TPSA) is 120 Å². The van der Waals surface area contributed by atoms with Crippen molar-refractivity contribution in [2.75, 3.05) is 32.3 Å². The van der Waals surface area contributed by atoms with Crippen molar-refractivity contribution in [2.45, 2.75) is 32.7 Å². The Labute approximate surface area is 217 Å². The summed E-state index contributed by atoms with van der Waals surface area (Å²) in [7, 11) is 2.54. The molecular weight excluding hydrogens is 502 g/mol. The van der Waals surface area contributed by atoms with Crippen LogP contribution in [0.25, 0.3) is 11.0 Å². The second kappa shape index (κ2) is 12.7. The van der Waals surface area contributed by atoms with Crippen LogP contribution in [0, 0.1) is 11.6 Å². The van der Waals surface area contributed by atoms with Gasteiger partial charge in [-0.3, -0.25) is 14.6 Å². The van der Waals surface area contributed by atoms with Crippen molar-refractivity contribution in [1.82, 2.24) is 15.3 Å². The van der Waals surface area contributed by atoms with Crippen LogP contribution in [0.5, 0.6) is 5.75 Å². The van der Waals surface area contributed by atoms with Gasteiger partial charge in [0.1, 0.15) is 17.4 Å². The highest BCUT2D eigenvalue weighted by Gasteiger charge is 2.30. The number of methoxy groups -OCH3 is 1. The van der Waals surface area contributed by atoms with Crippen molar-refractivity contribution in [3.8, 4) is 5.75 Å². The molecule has 1 aromatic heterocycles. The molecule has 0 fully saturated rings. The van der Waals surface area contributed by atoms with Gasteiger partial charge in [0, 0.05) is 19.5 Å². The molecule has 38 heavy (non-hydrogen) atoms. The number of amides is 1. The van der Waals surface area contributed by atoms with Crippen molar-refractivity contribution in [3.05, 3.63) is 53.7 Å². The van der Waals surface area contributed by atoms with Gasteiger partial charge in [0.05, 0.1) is 43.2 Å². The maximum Gasteiger partial charge on any atom is 0.328 e. The molecule has 3 aromatic rings. The number of esters is 2. The summed E-state index contributed by atoms with van der Waals surface area (Å²) in [6.45, 7) is 3.34. The summed E-state index contributed by atoms with van der Waals surface area (Å²) in [4.78, 5) is 47.1. The number of halogens is 2. The van der Waals surface area contributed by atoms with E-state index in [1.165, 1.54) is 18.1 Å². The minimum absolute atomic E-state index is 0.00954. The third-order valence-electron chi connectivity index (χ3n) is 5.54. The van der Waals surface area contributed by atoms with E-state index in [4.69, 9.17) is 14.2 Å². The molecule has 0 aliphatic carbocycles. The standard InChI is InChI=1S/C26H28F2N4O6/c1-5-37-21(33)12-11-18(26(35)38-6-2)31-25(34)22-15(27)13-19(23(28)24(22)36-4)32(3)20-14-29-16-9-7-8-10-17(16)30-20/h7-10,13-14,18H,5-6,11-12H2,1-4H3,(H,31,34). The van der Waals surface area contributed by atoms with Gasteiger partial charge < -0.3 is 24.4 Å². The number of hydrogen-bond acceptors (Lipinski definition) is 9. The Hall–Kier alpha value is -4.35. The highest BCUT2D eigenvalue weighted by Crippen LogP contribution is 2.35. The van der Waals surface area contributed by atoms with Crippen molar-refractivity contribution in [2.24, 2.45) is 0 Å². The van der Waals surface area contributed by atoms with Crippen LogP contribution in [-0.2, 0) is 19.1 Å². The van der Waals surface area contributed by atoms with Gasteiger partial charge in [0.25, 0.3) is 5.91 Å². The normalized spacial score (nSPS) is 11.5. The molecule has 0 aliphatic heterocycles. The number of para-hydroxylation sites is 2. The molecule has 0 bridgehead atoms. The molecule has 1 unspecified atom stereocenters. The van der Waals surface area contributed by atoms with E-state index in [-0.39, 0.29) is 37.6 Å². The Balaban J connectivity index is 1.92. The molecule has 2 aromatic carbocycles. The van der Waals surface area contributed by atoms with Crippen LogP contribution in [0.4, 0.5) is 20.3 Å². The van der Waals surface area contributed by atoms with E-state index >= 15 is 8.78 Å². The second-order valence-electron chi connectivity index (χ2n) is 8.00. The molecule has 1 atom stereocenters. The van der Waals surface area contributed by atoms with Crippen LogP contribution in [0.1, 0.15) is 37.0 Å². The highest BCUT2D eigenvalue weighted by atomic mass is 19.1. The van der Waals surface area contributed by atoms with E-state index in [0.29, 0.717) is 11.0 Å². The van der Waals surface area contributed by atoms with E-state index in [1.54, 1.807) is 38.1 Å². The fourth-order valence-corrected chi connectivity index (χ4v) is 3.69. The lowest BCUT2D eigenvalue weighted by molar-refractivity contribution is -0.146. The Kier molecular flexibility index (Phi) is 9.47. The molecule has 0 spiro atoms. The van der Waals surface area contributed by atoms with Gasteiger partial charge >= 0.3 is 11.9 Å². The number of rotatable bonds is 11. The third kappa shape index (κ3) is 6.31. The summed E-state index contributed by atoms with van der Waals surface area (Å²) >= 11 is 0. The third-order valence-corrected chi connectivity index (χ3v) is 5.54. The lowest BCUT2D eigenvalue weighted by Crippen LogP contribution is -2.42. The van der Waals surface area contributed by atoms with Gasteiger partial charge in [0.15, 0.2) is 17.4 Å². The van der Waals surface area contributed by atoms with E-state index in [0.717, 1.165) is 13.2 Å². The van der Waals surface area contributed by atoms with Gasteiger partial charge in [-0.15, -0.1) is 0 Å². The summed E-state index contributed by atoms with van der Waals surface area (Å²) in [6.07, 6.45) is 1.03. The molecule has 1 heterocycles. The minimum atomic E-state index is -1.31. The van der Waals surface area contributed by atoms with Crippen LogP contribution >= 0.6 is 0 Å². The zero-order chi connectivity index (χ0) is 27.8. The minimum Gasteiger partial charge on any atom is -0.493 e. The monoisotopic (exact) mass is 530 g/mol. The Bertz CT molecular complexity index is 1340. The maximum atomic E-state index is 15.6. The van der Waals surface area contributed by atoms with Crippen molar-refractivity contribution in [3.63, 3.8) is 0 Å². The van der Waals surface area contributed by atoms with E-state index in [1.807, 2.05) is 0 Å². The Morgan fingerprint density at radius 2 is 1.76 bits per heavy atom.